The average Bonchev–Trinajstić information content (AvgIpc) is 3.07. The summed E-state index contributed by atoms with van der Waals surface area (Å²) < 4.78 is 5.30. The highest BCUT2D eigenvalue weighted by Crippen LogP contribution is 2.50. The second kappa shape index (κ2) is 7.62. The molecule has 1 heterocycles. The van der Waals surface area contributed by atoms with Crippen LogP contribution >= 0.6 is 0 Å². The summed E-state index contributed by atoms with van der Waals surface area (Å²) >= 11 is 0. The first kappa shape index (κ1) is 17.9. The molecule has 0 amide bonds. The van der Waals surface area contributed by atoms with Crippen molar-refractivity contribution >= 4 is 11.3 Å². The Morgan fingerprint density at radius 1 is 0.821 bits per heavy atom. The lowest BCUT2D eigenvalue weighted by atomic mass is 9.86. The standard InChI is InChI=1S/C25H22N2O/c1-27-24(20-13-15-21(28-2)16-14-20)22(17-26)23(18-9-5-3-6-10-18)25(27)19-11-7-4-8-12-19/h3-16,22,24H,1-2H3/t22-,24-/m0/s1. The lowest BCUT2D eigenvalue weighted by molar-refractivity contribution is 0.351. The lowest BCUT2D eigenvalue weighted by Gasteiger charge is -2.27. The van der Waals surface area contributed by atoms with Gasteiger partial charge in [0.05, 0.1) is 25.1 Å². The van der Waals surface area contributed by atoms with Gasteiger partial charge in [0, 0.05) is 18.3 Å². The summed E-state index contributed by atoms with van der Waals surface area (Å²) in [6, 6.07) is 31.1. The summed E-state index contributed by atoms with van der Waals surface area (Å²) in [5, 5.41) is 10.2. The molecule has 3 heteroatoms. The van der Waals surface area contributed by atoms with Crippen LogP contribution < -0.4 is 4.74 Å². The zero-order valence-corrected chi connectivity index (χ0v) is 16.0. The van der Waals surface area contributed by atoms with E-state index in [4.69, 9.17) is 4.74 Å². The predicted molar refractivity (Wildman–Crippen MR) is 112 cm³/mol. The van der Waals surface area contributed by atoms with Crippen molar-refractivity contribution in [3.63, 3.8) is 0 Å². The van der Waals surface area contributed by atoms with Crippen molar-refractivity contribution in [3.8, 4) is 11.8 Å². The van der Waals surface area contributed by atoms with Gasteiger partial charge >= 0.3 is 0 Å². The first-order valence-corrected chi connectivity index (χ1v) is 9.36. The Hall–Kier alpha value is -3.51. The Morgan fingerprint density at radius 3 is 1.93 bits per heavy atom. The molecule has 0 spiro atoms. The Labute approximate surface area is 166 Å². The smallest absolute Gasteiger partial charge is 0.118 e. The third-order valence-electron chi connectivity index (χ3n) is 5.38. The molecule has 0 unspecified atom stereocenters. The minimum absolute atomic E-state index is 0.0543. The van der Waals surface area contributed by atoms with Gasteiger partial charge in [-0.25, -0.2) is 0 Å². The van der Waals surface area contributed by atoms with Crippen LogP contribution in [0.25, 0.3) is 11.3 Å². The number of methoxy groups -OCH3 is 1. The van der Waals surface area contributed by atoms with Crippen molar-refractivity contribution in [1.82, 2.24) is 4.90 Å². The molecule has 3 nitrogen and oxygen atoms in total. The number of benzene rings is 3. The van der Waals surface area contributed by atoms with E-state index < -0.39 is 0 Å². The van der Waals surface area contributed by atoms with Gasteiger partial charge in [0.25, 0.3) is 0 Å². The Kier molecular flexibility index (Phi) is 4.87. The zero-order valence-electron chi connectivity index (χ0n) is 16.0. The van der Waals surface area contributed by atoms with E-state index in [0.717, 1.165) is 33.7 Å². The fraction of sp³-hybridized carbons (Fsp3) is 0.160. The number of ether oxygens (including phenoxy) is 1. The van der Waals surface area contributed by atoms with Gasteiger partial charge in [-0.05, 0) is 28.8 Å². The summed E-state index contributed by atoms with van der Waals surface area (Å²) in [6.45, 7) is 0. The summed E-state index contributed by atoms with van der Waals surface area (Å²) in [6.07, 6.45) is 0. The van der Waals surface area contributed by atoms with Crippen LogP contribution in [0.2, 0.25) is 0 Å². The molecule has 3 aromatic rings. The van der Waals surface area contributed by atoms with E-state index in [2.05, 4.69) is 54.4 Å². The Morgan fingerprint density at radius 2 is 1.39 bits per heavy atom. The van der Waals surface area contributed by atoms with Gasteiger partial charge in [0.2, 0.25) is 0 Å². The highest BCUT2D eigenvalue weighted by Gasteiger charge is 2.40. The minimum atomic E-state index is -0.268. The zero-order chi connectivity index (χ0) is 19.5. The summed E-state index contributed by atoms with van der Waals surface area (Å²) in [4.78, 5) is 2.24. The van der Waals surface area contributed by atoms with E-state index in [1.54, 1.807) is 7.11 Å². The maximum absolute atomic E-state index is 10.2. The minimum Gasteiger partial charge on any atom is -0.497 e. The predicted octanol–water partition coefficient (Wildman–Crippen LogP) is 5.39. The van der Waals surface area contributed by atoms with Crippen molar-refractivity contribution in [2.75, 3.05) is 14.2 Å². The number of hydrogen-bond donors (Lipinski definition) is 0. The number of rotatable bonds is 4. The highest BCUT2D eigenvalue weighted by molar-refractivity contribution is 5.94. The van der Waals surface area contributed by atoms with E-state index in [9.17, 15) is 5.26 Å². The van der Waals surface area contributed by atoms with E-state index in [1.807, 2.05) is 48.5 Å². The van der Waals surface area contributed by atoms with Crippen molar-refractivity contribution < 1.29 is 4.74 Å². The molecule has 138 valence electrons. The molecular weight excluding hydrogens is 344 g/mol. The van der Waals surface area contributed by atoms with E-state index in [1.165, 1.54) is 0 Å². The molecule has 1 aliphatic rings. The maximum Gasteiger partial charge on any atom is 0.118 e. The van der Waals surface area contributed by atoms with Crippen molar-refractivity contribution in [3.05, 3.63) is 102 Å². The Bertz CT molecular complexity index is 1020. The molecule has 0 aromatic heterocycles. The first-order valence-electron chi connectivity index (χ1n) is 9.36. The molecule has 0 saturated heterocycles. The van der Waals surface area contributed by atoms with Gasteiger partial charge in [0.15, 0.2) is 0 Å². The monoisotopic (exact) mass is 366 g/mol. The van der Waals surface area contributed by atoms with Gasteiger partial charge in [-0.1, -0.05) is 72.8 Å². The average molecular weight is 366 g/mol. The third kappa shape index (κ3) is 3.04. The topological polar surface area (TPSA) is 36.3 Å². The van der Waals surface area contributed by atoms with Crippen LogP contribution in [0.4, 0.5) is 0 Å². The summed E-state index contributed by atoms with van der Waals surface area (Å²) in [5.74, 6) is 0.549. The normalized spacial score (nSPS) is 18.8. The van der Waals surface area contributed by atoms with Gasteiger partial charge in [-0.15, -0.1) is 0 Å². The van der Waals surface area contributed by atoms with E-state index in [0.29, 0.717) is 0 Å². The second-order valence-corrected chi connectivity index (χ2v) is 6.93. The molecule has 0 bridgehead atoms. The second-order valence-electron chi connectivity index (χ2n) is 6.93. The SMILES string of the molecule is COc1ccc([C@H]2[C@@H](C#N)C(c3ccccc3)=C(c3ccccc3)N2C)cc1. The molecule has 2 atom stereocenters. The number of nitriles is 1. The summed E-state index contributed by atoms with van der Waals surface area (Å²) in [7, 11) is 3.74. The molecule has 3 aromatic carbocycles. The van der Waals surface area contributed by atoms with Crippen LogP contribution in [0.3, 0.4) is 0 Å². The van der Waals surface area contributed by atoms with Crippen molar-refractivity contribution in [2.45, 2.75) is 6.04 Å². The van der Waals surface area contributed by atoms with Crippen LogP contribution in [0.1, 0.15) is 22.7 Å². The molecule has 0 radical (unpaired) electrons. The fourth-order valence-corrected chi connectivity index (χ4v) is 4.10. The molecule has 0 saturated carbocycles. The van der Waals surface area contributed by atoms with Crippen LogP contribution in [-0.4, -0.2) is 19.1 Å². The van der Waals surface area contributed by atoms with Crippen molar-refractivity contribution in [1.29, 1.82) is 5.26 Å². The molecule has 0 aliphatic carbocycles. The molecular formula is C25H22N2O. The van der Waals surface area contributed by atoms with Crippen LogP contribution in [0, 0.1) is 17.2 Å². The van der Waals surface area contributed by atoms with Crippen molar-refractivity contribution in [2.24, 2.45) is 5.92 Å². The maximum atomic E-state index is 10.2. The van der Waals surface area contributed by atoms with Gasteiger partial charge < -0.3 is 9.64 Å². The largest absolute Gasteiger partial charge is 0.497 e. The quantitative estimate of drug-likeness (QED) is 0.621. The third-order valence-corrected chi connectivity index (χ3v) is 5.38. The highest BCUT2D eigenvalue weighted by atomic mass is 16.5. The van der Waals surface area contributed by atoms with Gasteiger partial charge in [-0.3, -0.25) is 0 Å². The van der Waals surface area contributed by atoms with E-state index in [-0.39, 0.29) is 12.0 Å². The van der Waals surface area contributed by atoms with Crippen LogP contribution in [0.15, 0.2) is 84.9 Å². The van der Waals surface area contributed by atoms with Crippen LogP contribution in [0.5, 0.6) is 5.75 Å². The lowest BCUT2D eigenvalue weighted by Crippen LogP contribution is -2.22. The fourth-order valence-electron chi connectivity index (χ4n) is 4.10. The number of hydrogen-bond acceptors (Lipinski definition) is 3. The summed E-state index contributed by atoms with van der Waals surface area (Å²) in [5.41, 5.74) is 5.52. The Balaban J connectivity index is 1.89. The van der Waals surface area contributed by atoms with Crippen LogP contribution in [-0.2, 0) is 0 Å². The molecule has 4 rings (SSSR count). The molecule has 1 aliphatic heterocycles. The molecule has 0 fully saturated rings. The molecule has 0 N–H and O–H groups in total. The molecule has 28 heavy (non-hydrogen) atoms. The van der Waals surface area contributed by atoms with Gasteiger partial charge in [-0.2, -0.15) is 5.26 Å². The number of nitrogens with zero attached hydrogens (tertiary/aromatic N) is 2. The van der Waals surface area contributed by atoms with Gasteiger partial charge in [0.1, 0.15) is 5.75 Å². The first-order chi connectivity index (χ1) is 13.7. The van der Waals surface area contributed by atoms with E-state index >= 15 is 0 Å².